The van der Waals surface area contributed by atoms with Gasteiger partial charge in [0.1, 0.15) is 23.7 Å². The van der Waals surface area contributed by atoms with Gasteiger partial charge in [0, 0.05) is 17.2 Å². The first kappa shape index (κ1) is 28.6. The maximum Gasteiger partial charge on any atom is 0.407 e. The van der Waals surface area contributed by atoms with Crippen LogP contribution in [-0.4, -0.2) is 72.8 Å². The number of aliphatic carboxylic acids is 1. The molecule has 4 rings (SSSR count). The van der Waals surface area contributed by atoms with Gasteiger partial charge >= 0.3 is 6.61 Å². The highest BCUT2D eigenvalue weighted by Gasteiger charge is 2.53. The van der Waals surface area contributed by atoms with Crippen molar-refractivity contribution in [3.8, 4) is 0 Å². The highest BCUT2D eigenvalue weighted by molar-refractivity contribution is 8.00. The van der Waals surface area contributed by atoms with Crippen molar-refractivity contribution in [1.82, 2.24) is 19.9 Å². The van der Waals surface area contributed by atoms with Crippen molar-refractivity contribution in [3.05, 3.63) is 40.8 Å². The number of amides is 2. The SMILES string of the molecule is C[n+]1cccn1CC1=C(C(=O)[O-])N2C(=O)[C@@H](NC(=O)C(=NOC(F)F)c3csc(N)n3)[C@H]2SC1.O.O. The number of fused-ring (bicyclic) bond motifs is 1. The first-order valence-corrected chi connectivity index (χ1v) is 11.5. The summed E-state index contributed by atoms with van der Waals surface area (Å²) in [4.78, 5) is 46.2. The zero-order valence-corrected chi connectivity index (χ0v) is 20.0. The van der Waals surface area contributed by atoms with Crippen molar-refractivity contribution in [3.63, 3.8) is 0 Å². The molecule has 1 saturated heterocycles. The number of carbonyl (C=O) groups is 3. The van der Waals surface area contributed by atoms with Crippen LogP contribution in [0, 0.1) is 0 Å². The first-order chi connectivity index (χ1) is 16.2. The molecule has 0 bridgehead atoms. The first-order valence-electron chi connectivity index (χ1n) is 9.60. The van der Waals surface area contributed by atoms with Gasteiger partial charge in [-0.05, 0) is 5.57 Å². The minimum absolute atomic E-state index is 0. The number of carboxylic acid groups (broad SMARTS) is 1. The molecule has 7 N–H and O–H groups in total. The van der Waals surface area contributed by atoms with Gasteiger partial charge in [0.25, 0.3) is 11.8 Å². The number of carbonyl (C=O) groups excluding carboxylic acids is 3. The number of halogens is 2. The van der Waals surface area contributed by atoms with Crippen molar-refractivity contribution in [1.29, 1.82) is 0 Å². The molecule has 196 valence electrons. The molecule has 2 amide bonds. The second kappa shape index (κ2) is 11.4. The third-order valence-corrected chi connectivity index (χ3v) is 7.06. The number of oxime groups is 1. The van der Waals surface area contributed by atoms with E-state index >= 15 is 0 Å². The number of aromatic nitrogens is 3. The van der Waals surface area contributed by atoms with E-state index in [1.54, 1.807) is 34.9 Å². The molecule has 2 aromatic rings. The number of anilines is 1. The molecule has 36 heavy (non-hydrogen) atoms. The molecule has 2 atom stereocenters. The van der Waals surface area contributed by atoms with Crippen molar-refractivity contribution in [2.75, 3.05) is 11.5 Å². The maximum atomic E-state index is 12.8. The number of aryl methyl sites for hydroxylation is 1. The standard InChI is InChI=1S/C18H17F2N7O5S2.2H2O/c1-25-3-2-4-26(25)5-8-6-33-15-11(14(29)27(15)12(8)16(30)31)23-13(28)10(24-32-17(19)20)9-7-34-18(21)22-9;;/h2-4,7,11,15,17H,5-6H2,1H3,(H3-,21,22,23,28,30,31);2*1H2/t11-,15-;;/m1../s1. The Morgan fingerprint density at radius 1 is 1.44 bits per heavy atom. The molecule has 2 aliphatic rings. The molecule has 14 nitrogen and oxygen atoms in total. The Hall–Kier alpha value is -3.61. The van der Waals surface area contributed by atoms with Gasteiger partial charge in [-0.15, -0.1) is 27.8 Å². The zero-order chi connectivity index (χ0) is 24.6. The van der Waals surface area contributed by atoms with Crippen LogP contribution in [0.3, 0.4) is 0 Å². The fourth-order valence-electron chi connectivity index (χ4n) is 3.51. The molecular weight excluding hydrogens is 528 g/mol. The van der Waals surface area contributed by atoms with E-state index in [1.165, 1.54) is 17.1 Å². The van der Waals surface area contributed by atoms with Gasteiger partial charge in [-0.25, -0.2) is 4.98 Å². The summed E-state index contributed by atoms with van der Waals surface area (Å²) in [6.45, 7) is -3.06. The topological polar surface area (TPSA) is 222 Å². The second-order valence-corrected chi connectivity index (χ2v) is 9.13. The number of nitrogens with two attached hydrogens (primary N) is 1. The van der Waals surface area contributed by atoms with Gasteiger partial charge in [0.2, 0.25) is 0 Å². The quantitative estimate of drug-likeness (QED) is 0.147. The molecule has 0 aliphatic carbocycles. The molecule has 4 heterocycles. The Kier molecular flexibility index (Phi) is 9.08. The molecule has 2 aliphatic heterocycles. The van der Waals surface area contributed by atoms with Crippen molar-refractivity contribution < 1.29 is 48.7 Å². The summed E-state index contributed by atoms with van der Waals surface area (Å²) in [5.74, 6) is -2.95. The Bertz CT molecular complexity index is 1220. The predicted octanol–water partition coefficient (Wildman–Crippen LogP) is -3.25. The van der Waals surface area contributed by atoms with Crippen LogP contribution in [0.4, 0.5) is 13.9 Å². The van der Waals surface area contributed by atoms with Gasteiger partial charge in [-0.3, -0.25) is 14.5 Å². The Balaban J connectivity index is 0.00000228. The molecule has 0 radical (unpaired) electrons. The summed E-state index contributed by atoms with van der Waals surface area (Å²) in [6, 6.07) is 0.661. The van der Waals surface area contributed by atoms with Crippen molar-refractivity contribution in [2.45, 2.75) is 24.6 Å². The van der Waals surface area contributed by atoms with Gasteiger partial charge in [-0.2, -0.15) is 13.5 Å². The van der Waals surface area contributed by atoms with Gasteiger partial charge in [0.15, 0.2) is 24.1 Å². The minimum Gasteiger partial charge on any atom is -0.543 e. The lowest BCUT2D eigenvalue weighted by atomic mass is 10.0. The Labute approximate surface area is 209 Å². The van der Waals surface area contributed by atoms with E-state index in [4.69, 9.17) is 5.73 Å². The van der Waals surface area contributed by atoms with Crippen LogP contribution in [0.1, 0.15) is 5.69 Å². The summed E-state index contributed by atoms with van der Waals surface area (Å²) in [5.41, 5.74) is 5.03. The number of nitrogen functional groups attached to an aromatic ring is 1. The number of β-lactam (4-membered cyclic amide) rings is 1. The number of carboxylic acids is 1. The third kappa shape index (κ3) is 5.45. The molecule has 0 unspecified atom stereocenters. The van der Waals surface area contributed by atoms with Gasteiger partial charge < -0.3 is 36.7 Å². The summed E-state index contributed by atoms with van der Waals surface area (Å²) in [7, 11) is 1.78. The summed E-state index contributed by atoms with van der Waals surface area (Å²) in [5, 5.41) is 18.1. The molecule has 18 heteroatoms. The summed E-state index contributed by atoms with van der Waals surface area (Å²) < 4.78 is 28.5. The fraction of sp³-hybridized carbons (Fsp3) is 0.333. The predicted molar refractivity (Wildman–Crippen MR) is 120 cm³/mol. The van der Waals surface area contributed by atoms with E-state index in [-0.39, 0.29) is 39.8 Å². The highest BCUT2D eigenvalue weighted by Crippen LogP contribution is 2.40. The van der Waals surface area contributed by atoms with Crippen LogP contribution in [0.15, 0.2) is 40.3 Å². The lowest BCUT2D eigenvalue weighted by Crippen LogP contribution is -2.71. The summed E-state index contributed by atoms with van der Waals surface area (Å²) >= 11 is 2.20. The molecule has 0 spiro atoms. The molecule has 0 saturated carbocycles. The van der Waals surface area contributed by atoms with E-state index in [0.717, 1.165) is 16.2 Å². The van der Waals surface area contributed by atoms with E-state index in [9.17, 15) is 28.3 Å². The average Bonchev–Trinajstić information content (AvgIpc) is 3.39. The zero-order valence-electron chi connectivity index (χ0n) is 18.4. The van der Waals surface area contributed by atoms with Crippen LogP contribution in [0.5, 0.6) is 0 Å². The van der Waals surface area contributed by atoms with E-state index in [1.807, 2.05) is 0 Å². The van der Waals surface area contributed by atoms with Crippen LogP contribution in [0.25, 0.3) is 0 Å². The molecule has 1 fully saturated rings. The maximum absolute atomic E-state index is 12.8. The number of thioether (sulfide) groups is 1. The van der Waals surface area contributed by atoms with Crippen molar-refractivity contribution >= 4 is 51.7 Å². The number of hydrogen-bond acceptors (Lipinski definition) is 10. The number of hydrogen-bond donors (Lipinski definition) is 2. The third-order valence-electron chi connectivity index (χ3n) is 5.05. The number of thiazole rings is 1. The highest BCUT2D eigenvalue weighted by atomic mass is 32.2. The molecule has 2 aromatic heterocycles. The second-order valence-electron chi connectivity index (χ2n) is 7.14. The van der Waals surface area contributed by atoms with Crippen LogP contribution < -0.4 is 20.8 Å². The monoisotopic (exact) mass is 549 g/mol. The minimum atomic E-state index is -3.29. The molecule has 0 aromatic carbocycles. The van der Waals surface area contributed by atoms with Crippen molar-refractivity contribution in [2.24, 2.45) is 12.2 Å². The van der Waals surface area contributed by atoms with Gasteiger partial charge in [-0.1, -0.05) is 5.16 Å². The number of nitrogens with one attached hydrogen (secondary N) is 1. The van der Waals surface area contributed by atoms with Crippen LogP contribution in [0.2, 0.25) is 0 Å². The van der Waals surface area contributed by atoms with Crippen LogP contribution in [-0.2, 0) is 32.8 Å². The number of nitrogens with zero attached hydrogens (tertiary/aromatic N) is 5. The fourth-order valence-corrected chi connectivity index (χ4v) is 5.39. The summed E-state index contributed by atoms with van der Waals surface area (Å²) in [6.07, 6.45) is 3.54. The lowest BCUT2D eigenvalue weighted by Gasteiger charge is -2.50. The van der Waals surface area contributed by atoms with E-state index in [2.05, 4.69) is 20.3 Å². The largest absolute Gasteiger partial charge is 0.543 e. The van der Waals surface area contributed by atoms with E-state index in [0.29, 0.717) is 5.57 Å². The Morgan fingerprint density at radius 3 is 2.72 bits per heavy atom. The Morgan fingerprint density at radius 2 is 2.17 bits per heavy atom. The number of alkyl halides is 2. The molecular formula is C18H21F2N7O7S2. The average molecular weight is 550 g/mol. The van der Waals surface area contributed by atoms with E-state index < -0.39 is 41.5 Å². The van der Waals surface area contributed by atoms with Gasteiger partial charge in [0.05, 0.1) is 17.9 Å². The van der Waals surface area contributed by atoms with Crippen LogP contribution >= 0.6 is 23.1 Å². The lowest BCUT2D eigenvalue weighted by molar-refractivity contribution is -0.752. The normalized spacial score (nSPS) is 19.2. The smallest absolute Gasteiger partial charge is 0.407 e. The number of rotatable bonds is 8.